The van der Waals surface area contributed by atoms with E-state index in [1.54, 1.807) is 0 Å². The second-order valence-electron chi connectivity index (χ2n) is 0.825. The molecular weight excluding hydrogens is 207 g/mol. The van der Waals surface area contributed by atoms with Gasteiger partial charge >= 0.3 is 16.8 Å². The molecule has 0 aromatic heterocycles. The molecule has 0 atom stereocenters. The first-order chi connectivity index (χ1) is 4.37. The second-order valence-corrected chi connectivity index (χ2v) is 0.825. The fourth-order valence-electron chi connectivity index (χ4n) is 0. The van der Waals surface area contributed by atoms with Crippen LogP contribution in [0.2, 0.25) is 0 Å². The Balaban J connectivity index is -0.000000114. The number of carboxylic acid groups (broad SMARTS) is 4. The molecule has 0 saturated carbocycles. The molecule has 0 aliphatic heterocycles. The fourth-order valence-corrected chi connectivity index (χ4v) is 0. The predicted octanol–water partition coefficient (Wildman–Crippen LogP) is -5.96. The first-order valence-corrected chi connectivity index (χ1v) is 1.68. The monoisotopic (exact) mass is 207 g/mol. The topological polar surface area (TPSA) is 143 Å². The van der Waals surface area contributed by atoms with Gasteiger partial charge in [-0.3, -0.25) is 0 Å². The van der Waals surface area contributed by atoms with E-state index in [4.69, 9.17) is 34.8 Å². The molecule has 7 nitrogen and oxygen atoms in total. The third-order valence-electron chi connectivity index (χ3n) is 0.167. The van der Waals surface area contributed by atoms with Gasteiger partial charge in [0.1, 0.15) is 0 Å². The summed E-state index contributed by atoms with van der Waals surface area (Å²) in [6.45, 7) is 0. The van der Waals surface area contributed by atoms with Gasteiger partial charge in [-0.1, -0.05) is 0 Å². The van der Waals surface area contributed by atoms with Crippen LogP contribution in [0.3, 0.4) is 0 Å². The quantitative estimate of drug-likeness (QED) is 0.359. The van der Waals surface area contributed by atoms with Gasteiger partial charge in [0.25, 0.3) is 0 Å². The number of hydrogen-bond acceptors (Lipinski definition) is 7. The zero-order valence-corrected chi connectivity index (χ0v) is 5.73. The van der Waals surface area contributed by atoms with Crippen molar-refractivity contribution in [3.8, 4) is 0 Å². The van der Waals surface area contributed by atoms with Crippen LogP contribution in [0, 0.1) is 0 Å². The standard InChI is InChI=1S/C2H2O4.CH2O3.Co/c3-1(4)2(5)6;2-1(3)4;/h(H,3,4)(H,5,6);(H2,2,3,4);/q;;+2/p-4. The van der Waals surface area contributed by atoms with Gasteiger partial charge in [0.15, 0.2) is 0 Å². The van der Waals surface area contributed by atoms with Crippen LogP contribution in [0.1, 0.15) is 0 Å². The van der Waals surface area contributed by atoms with Crippen molar-refractivity contribution in [3.63, 3.8) is 0 Å². The Morgan fingerprint density at radius 1 is 0.727 bits per heavy atom. The largest absolute Gasteiger partial charge is 2.00 e. The molecule has 0 fully saturated rings. The molecule has 0 aromatic rings. The number of carbonyl (C=O) groups is 3. The molecule has 0 saturated heterocycles. The molecule has 0 aliphatic rings. The van der Waals surface area contributed by atoms with Crippen molar-refractivity contribution in [2.24, 2.45) is 0 Å². The number of carboxylic acids is 2. The SMILES string of the molecule is O=C([O-])C(=O)[O-].O=C([O-])[O-].[Co+2]. The van der Waals surface area contributed by atoms with Crippen LogP contribution in [0.15, 0.2) is 0 Å². The van der Waals surface area contributed by atoms with E-state index in [9.17, 15) is 0 Å². The molecule has 8 heteroatoms. The van der Waals surface area contributed by atoms with Crippen molar-refractivity contribution in [1.29, 1.82) is 0 Å². The Morgan fingerprint density at radius 3 is 0.818 bits per heavy atom. The Kier molecular flexibility index (Phi) is 13.0. The van der Waals surface area contributed by atoms with Gasteiger partial charge in [-0.25, -0.2) is 0 Å². The molecule has 1 radical (unpaired) electrons. The van der Waals surface area contributed by atoms with Crippen LogP contribution in [-0.2, 0) is 26.4 Å². The molecular formula is C3CoO7-2. The molecule has 0 unspecified atom stereocenters. The third kappa shape index (κ3) is 53.3. The molecule has 0 spiro atoms. The summed E-state index contributed by atoms with van der Waals surface area (Å²) < 4.78 is 0. The summed E-state index contributed by atoms with van der Waals surface area (Å²) in [7, 11) is 0. The van der Waals surface area contributed by atoms with E-state index in [1.165, 1.54) is 0 Å². The zero-order chi connectivity index (χ0) is 8.73. The molecule has 65 valence electrons. The minimum atomic E-state index is -2.33. The van der Waals surface area contributed by atoms with Crippen molar-refractivity contribution in [2.75, 3.05) is 0 Å². The van der Waals surface area contributed by atoms with Gasteiger partial charge in [0.05, 0.1) is 11.9 Å². The van der Waals surface area contributed by atoms with Gasteiger partial charge in [-0.05, 0) is 6.16 Å². The minimum absolute atomic E-state index is 0. The predicted molar refractivity (Wildman–Crippen MR) is 15.4 cm³/mol. The number of aliphatic carboxylic acids is 2. The van der Waals surface area contributed by atoms with Crippen LogP contribution in [0.4, 0.5) is 4.79 Å². The van der Waals surface area contributed by atoms with E-state index in [0.29, 0.717) is 0 Å². The Morgan fingerprint density at radius 2 is 0.818 bits per heavy atom. The van der Waals surface area contributed by atoms with Gasteiger partial charge < -0.3 is 34.8 Å². The van der Waals surface area contributed by atoms with Crippen molar-refractivity contribution in [1.82, 2.24) is 0 Å². The number of rotatable bonds is 0. The van der Waals surface area contributed by atoms with E-state index in [2.05, 4.69) is 0 Å². The summed E-state index contributed by atoms with van der Waals surface area (Å²) in [5.74, 6) is -4.37. The summed E-state index contributed by atoms with van der Waals surface area (Å²) in [4.78, 5) is 26.2. The third-order valence-corrected chi connectivity index (χ3v) is 0.167. The van der Waals surface area contributed by atoms with Crippen molar-refractivity contribution < 1.29 is 51.6 Å². The normalized spacial score (nSPS) is 6.18. The van der Waals surface area contributed by atoms with E-state index in [-0.39, 0.29) is 16.8 Å². The average Bonchev–Trinajstić information content (AvgIpc) is 1.63. The van der Waals surface area contributed by atoms with E-state index >= 15 is 0 Å². The minimum Gasteiger partial charge on any atom is -0.652 e. The van der Waals surface area contributed by atoms with Crippen molar-refractivity contribution in [2.45, 2.75) is 0 Å². The molecule has 0 aromatic carbocycles. The maximum Gasteiger partial charge on any atom is 2.00 e. The summed E-state index contributed by atoms with van der Waals surface area (Å²) in [6.07, 6.45) is -2.33. The Hall–Kier alpha value is -1.28. The Labute approximate surface area is 70.5 Å². The summed E-state index contributed by atoms with van der Waals surface area (Å²) in [5, 5.41) is 34.5. The van der Waals surface area contributed by atoms with Crippen LogP contribution in [-0.4, -0.2) is 18.1 Å². The fraction of sp³-hybridized carbons (Fsp3) is 0. The maximum atomic E-state index is 8.93. The molecule has 11 heavy (non-hydrogen) atoms. The Bertz CT molecular complexity index is 136. The van der Waals surface area contributed by atoms with Gasteiger partial charge in [0.2, 0.25) is 0 Å². The summed E-state index contributed by atoms with van der Waals surface area (Å²) in [5.41, 5.74) is 0. The van der Waals surface area contributed by atoms with Crippen LogP contribution in [0.5, 0.6) is 0 Å². The van der Waals surface area contributed by atoms with E-state index in [1.807, 2.05) is 0 Å². The van der Waals surface area contributed by atoms with Crippen LogP contribution >= 0.6 is 0 Å². The molecule has 0 amide bonds. The number of carbonyl (C=O) groups excluding carboxylic acids is 3. The summed E-state index contributed by atoms with van der Waals surface area (Å²) >= 11 is 0. The smallest absolute Gasteiger partial charge is 0.652 e. The van der Waals surface area contributed by atoms with Gasteiger partial charge in [-0.2, -0.15) is 0 Å². The van der Waals surface area contributed by atoms with Gasteiger partial charge in [-0.15, -0.1) is 0 Å². The van der Waals surface area contributed by atoms with Gasteiger partial charge in [0, 0.05) is 0 Å². The first kappa shape index (κ1) is 16.4. The van der Waals surface area contributed by atoms with Crippen LogP contribution in [0.25, 0.3) is 0 Å². The maximum absolute atomic E-state index is 8.93. The molecule has 0 N–H and O–H groups in total. The van der Waals surface area contributed by atoms with E-state index < -0.39 is 18.1 Å². The van der Waals surface area contributed by atoms with Crippen molar-refractivity contribution in [3.05, 3.63) is 0 Å². The molecule has 0 rings (SSSR count). The number of hydrogen-bond donors (Lipinski definition) is 0. The summed E-state index contributed by atoms with van der Waals surface area (Å²) in [6, 6.07) is 0. The zero-order valence-electron chi connectivity index (χ0n) is 4.69. The van der Waals surface area contributed by atoms with E-state index in [0.717, 1.165) is 0 Å². The van der Waals surface area contributed by atoms with Crippen molar-refractivity contribution >= 4 is 18.1 Å². The molecule has 0 aliphatic carbocycles. The average molecular weight is 207 g/mol. The second kappa shape index (κ2) is 8.72. The van der Waals surface area contributed by atoms with Crippen LogP contribution < -0.4 is 20.4 Å². The first-order valence-electron chi connectivity index (χ1n) is 1.68. The molecule has 0 bridgehead atoms. The molecule has 0 heterocycles.